The van der Waals surface area contributed by atoms with Crippen molar-refractivity contribution in [3.8, 4) is 0 Å². The summed E-state index contributed by atoms with van der Waals surface area (Å²) >= 11 is 1.01. The fourth-order valence-electron chi connectivity index (χ4n) is 2.54. The Bertz CT molecular complexity index is 1040. The maximum atomic E-state index is 12.6. The third kappa shape index (κ3) is 2.65. The Morgan fingerprint density at radius 3 is 2.58 bits per heavy atom. The Balaban J connectivity index is 2.16. The lowest BCUT2D eigenvalue weighted by Crippen LogP contribution is -2.19. The van der Waals surface area contributed by atoms with Gasteiger partial charge in [-0.15, -0.1) is 0 Å². The van der Waals surface area contributed by atoms with E-state index in [0.717, 1.165) is 22.5 Å². The highest BCUT2D eigenvalue weighted by Crippen LogP contribution is 2.22. The fraction of sp³-hybridized carbons (Fsp3) is 0.167. The summed E-state index contributed by atoms with van der Waals surface area (Å²) in [5, 5.41) is 9.23. The van der Waals surface area contributed by atoms with E-state index in [0.29, 0.717) is 21.9 Å². The lowest BCUT2D eigenvalue weighted by Gasteiger charge is -2.03. The van der Waals surface area contributed by atoms with Crippen molar-refractivity contribution in [1.29, 1.82) is 0 Å². The van der Waals surface area contributed by atoms with Crippen LogP contribution in [0.25, 0.3) is 17.1 Å². The number of aryl methyl sites for hydroxylation is 2. The Morgan fingerprint density at radius 2 is 1.92 bits per heavy atom. The molecule has 2 aromatic heterocycles. The van der Waals surface area contributed by atoms with Gasteiger partial charge in [0.1, 0.15) is 4.88 Å². The lowest BCUT2D eigenvalue weighted by atomic mass is 10.1. The molecule has 0 saturated heterocycles. The third-order valence-corrected chi connectivity index (χ3v) is 5.11. The van der Waals surface area contributed by atoms with E-state index in [2.05, 4.69) is 4.98 Å². The maximum Gasteiger partial charge on any atom is 0.347 e. The van der Waals surface area contributed by atoms with Gasteiger partial charge in [-0.2, -0.15) is 0 Å². The van der Waals surface area contributed by atoms with E-state index in [1.165, 1.54) is 4.40 Å². The molecule has 122 valence electrons. The summed E-state index contributed by atoms with van der Waals surface area (Å²) in [5.74, 6) is -1.04. The average Bonchev–Trinajstić information content (AvgIpc) is 2.88. The molecule has 0 radical (unpaired) electrons. The molecule has 24 heavy (non-hydrogen) atoms. The van der Waals surface area contributed by atoms with E-state index < -0.39 is 5.97 Å². The van der Waals surface area contributed by atoms with E-state index in [1.807, 2.05) is 37.3 Å². The molecule has 0 spiro atoms. The molecular formula is C18H16N2O3S. The first-order chi connectivity index (χ1) is 11.4. The minimum absolute atomic E-state index is 0.138. The quantitative estimate of drug-likeness (QED) is 0.791. The van der Waals surface area contributed by atoms with Crippen molar-refractivity contribution in [2.24, 2.45) is 0 Å². The first kappa shape index (κ1) is 16.1. The zero-order valence-electron chi connectivity index (χ0n) is 13.5. The van der Waals surface area contributed by atoms with Gasteiger partial charge in [0.2, 0.25) is 0 Å². The molecule has 3 rings (SSSR count). The molecule has 3 aromatic rings. The second-order valence-electron chi connectivity index (χ2n) is 5.56. The van der Waals surface area contributed by atoms with Crippen molar-refractivity contribution in [3.05, 3.63) is 67.6 Å². The number of carbonyl (C=O) groups is 1. The second kappa shape index (κ2) is 6.05. The summed E-state index contributed by atoms with van der Waals surface area (Å²) in [6.45, 7) is 5.34. The van der Waals surface area contributed by atoms with Gasteiger partial charge >= 0.3 is 5.97 Å². The summed E-state index contributed by atoms with van der Waals surface area (Å²) < 4.78 is 1.37. The minimum atomic E-state index is -1.04. The number of carboxylic acid groups (broad SMARTS) is 1. The Kier molecular flexibility index (Phi) is 4.07. The number of hydrogen-bond donors (Lipinski definition) is 1. The molecule has 0 saturated carbocycles. The van der Waals surface area contributed by atoms with Gasteiger partial charge in [-0.25, -0.2) is 9.78 Å². The maximum absolute atomic E-state index is 12.6. The molecule has 1 aromatic carbocycles. The van der Waals surface area contributed by atoms with Gasteiger partial charge in [0.25, 0.3) is 5.56 Å². The molecular weight excluding hydrogens is 324 g/mol. The number of hydrogen-bond acceptors (Lipinski definition) is 4. The van der Waals surface area contributed by atoms with Crippen molar-refractivity contribution in [2.45, 2.75) is 20.8 Å². The number of rotatable bonds is 3. The monoisotopic (exact) mass is 340 g/mol. The number of aromatic carboxylic acids is 1. The number of aromatic nitrogens is 2. The number of benzene rings is 1. The van der Waals surface area contributed by atoms with E-state index in [1.54, 1.807) is 19.9 Å². The molecule has 0 atom stereocenters. The zero-order valence-corrected chi connectivity index (χ0v) is 14.3. The van der Waals surface area contributed by atoms with Crippen LogP contribution in [0.2, 0.25) is 0 Å². The molecule has 0 aliphatic heterocycles. The van der Waals surface area contributed by atoms with Crippen LogP contribution in [0.15, 0.2) is 29.1 Å². The van der Waals surface area contributed by atoms with Gasteiger partial charge < -0.3 is 5.11 Å². The van der Waals surface area contributed by atoms with Crippen molar-refractivity contribution >= 4 is 34.4 Å². The van der Waals surface area contributed by atoms with Crippen LogP contribution in [0.1, 0.15) is 37.7 Å². The highest BCUT2D eigenvalue weighted by molar-refractivity contribution is 7.18. The molecule has 5 nitrogen and oxygen atoms in total. The smallest absolute Gasteiger partial charge is 0.347 e. The number of thiazole rings is 1. The SMILES string of the molecule is Cc1ccccc1/C=C/c1nc2sc(C(=O)O)c(C)n2c(=O)c1C. The minimum Gasteiger partial charge on any atom is -0.477 e. The largest absolute Gasteiger partial charge is 0.477 e. The number of carboxylic acids is 1. The molecule has 0 bridgehead atoms. The Labute approximate surface area is 142 Å². The highest BCUT2D eigenvalue weighted by atomic mass is 32.1. The summed E-state index contributed by atoms with van der Waals surface area (Å²) in [6, 6.07) is 7.92. The van der Waals surface area contributed by atoms with Crippen molar-refractivity contribution in [2.75, 3.05) is 0 Å². The van der Waals surface area contributed by atoms with Crippen molar-refractivity contribution in [3.63, 3.8) is 0 Å². The van der Waals surface area contributed by atoms with Crippen molar-refractivity contribution in [1.82, 2.24) is 9.38 Å². The van der Waals surface area contributed by atoms with E-state index in [4.69, 9.17) is 0 Å². The summed E-state index contributed by atoms with van der Waals surface area (Å²) in [7, 11) is 0. The van der Waals surface area contributed by atoms with Crippen LogP contribution >= 0.6 is 11.3 Å². The number of fused-ring (bicyclic) bond motifs is 1. The highest BCUT2D eigenvalue weighted by Gasteiger charge is 2.18. The van der Waals surface area contributed by atoms with Gasteiger partial charge in [0, 0.05) is 5.56 Å². The molecule has 6 heteroatoms. The van der Waals surface area contributed by atoms with Gasteiger partial charge in [-0.3, -0.25) is 9.20 Å². The van der Waals surface area contributed by atoms with Gasteiger partial charge in [-0.05, 0) is 38.0 Å². The predicted octanol–water partition coefficient (Wildman–Crippen LogP) is 3.55. The standard InChI is InChI=1S/C18H16N2O3S/c1-10-6-4-5-7-13(10)8-9-14-11(2)16(21)20-12(3)15(17(22)23)24-18(20)19-14/h4-9H,1-3H3,(H,22,23)/b9-8+. The molecule has 1 N–H and O–H groups in total. The molecule has 2 heterocycles. The normalized spacial score (nSPS) is 11.5. The average molecular weight is 340 g/mol. The second-order valence-corrected chi connectivity index (χ2v) is 6.53. The van der Waals surface area contributed by atoms with E-state index in [-0.39, 0.29) is 10.4 Å². The van der Waals surface area contributed by atoms with Crippen LogP contribution in [0, 0.1) is 20.8 Å². The number of nitrogens with zero attached hydrogens (tertiary/aromatic N) is 2. The topological polar surface area (TPSA) is 71.7 Å². The molecule has 0 aliphatic rings. The summed E-state index contributed by atoms with van der Waals surface area (Å²) in [6.07, 6.45) is 3.72. The van der Waals surface area contributed by atoms with Gasteiger partial charge in [0.15, 0.2) is 4.96 Å². The van der Waals surface area contributed by atoms with Gasteiger partial charge in [-0.1, -0.05) is 41.7 Å². The molecule has 0 amide bonds. The predicted molar refractivity (Wildman–Crippen MR) is 95.9 cm³/mol. The van der Waals surface area contributed by atoms with Crippen LogP contribution in [-0.4, -0.2) is 20.5 Å². The first-order valence-electron chi connectivity index (χ1n) is 7.40. The van der Waals surface area contributed by atoms with Crippen LogP contribution in [0.5, 0.6) is 0 Å². The first-order valence-corrected chi connectivity index (χ1v) is 8.21. The Morgan fingerprint density at radius 1 is 1.21 bits per heavy atom. The van der Waals surface area contributed by atoms with Crippen LogP contribution in [0.3, 0.4) is 0 Å². The Hall–Kier alpha value is -2.73. The third-order valence-electron chi connectivity index (χ3n) is 3.98. The van der Waals surface area contributed by atoms with Crippen LogP contribution < -0.4 is 5.56 Å². The molecule has 0 aliphatic carbocycles. The van der Waals surface area contributed by atoms with E-state index >= 15 is 0 Å². The lowest BCUT2D eigenvalue weighted by molar-refractivity contribution is 0.0701. The zero-order chi connectivity index (χ0) is 17.4. The fourth-order valence-corrected chi connectivity index (χ4v) is 3.50. The molecule has 0 unspecified atom stereocenters. The van der Waals surface area contributed by atoms with Crippen LogP contribution in [-0.2, 0) is 0 Å². The molecule has 0 fully saturated rings. The van der Waals surface area contributed by atoms with Crippen LogP contribution in [0.4, 0.5) is 0 Å². The summed E-state index contributed by atoms with van der Waals surface area (Å²) in [5.41, 5.74) is 3.41. The van der Waals surface area contributed by atoms with Crippen molar-refractivity contribution < 1.29 is 9.90 Å². The summed E-state index contributed by atoms with van der Waals surface area (Å²) in [4.78, 5) is 28.9. The van der Waals surface area contributed by atoms with E-state index in [9.17, 15) is 14.7 Å². The van der Waals surface area contributed by atoms with Gasteiger partial charge in [0.05, 0.1) is 11.4 Å².